The summed E-state index contributed by atoms with van der Waals surface area (Å²) in [6, 6.07) is 17.0. The van der Waals surface area contributed by atoms with Crippen LogP contribution in [0.25, 0.3) is 11.4 Å². The van der Waals surface area contributed by atoms with Crippen LogP contribution in [0.1, 0.15) is 0 Å². The van der Waals surface area contributed by atoms with Crippen LogP contribution in [0.2, 0.25) is 0 Å². The minimum absolute atomic E-state index is 0.220. The van der Waals surface area contributed by atoms with E-state index in [-0.39, 0.29) is 9.79 Å². The number of benzene rings is 2. The first-order chi connectivity index (χ1) is 12.1. The molecule has 0 bridgehead atoms. The van der Waals surface area contributed by atoms with E-state index in [1.54, 1.807) is 82.7 Å². The lowest BCUT2D eigenvalue weighted by Crippen LogP contribution is -2.05. The summed E-state index contributed by atoms with van der Waals surface area (Å²) in [5, 5.41) is 8.28. The maximum atomic E-state index is 13.0. The van der Waals surface area contributed by atoms with Crippen LogP contribution >= 0.6 is 0 Å². The molecular weight excluding hydrogens is 336 g/mol. The van der Waals surface area contributed by atoms with Crippen molar-refractivity contribution in [3.8, 4) is 11.4 Å². The summed E-state index contributed by atoms with van der Waals surface area (Å²) in [4.78, 5) is 0.441. The molecule has 4 rings (SSSR count). The Bertz CT molecular complexity index is 1020. The number of hydrogen-bond donors (Lipinski definition) is 0. The van der Waals surface area contributed by atoms with Crippen molar-refractivity contribution in [2.75, 3.05) is 0 Å². The van der Waals surface area contributed by atoms with Gasteiger partial charge in [0.15, 0.2) is 0 Å². The van der Waals surface area contributed by atoms with Crippen molar-refractivity contribution in [1.82, 2.24) is 19.6 Å². The Balaban J connectivity index is 1.78. The van der Waals surface area contributed by atoms with Gasteiger partial charge in [0.1, 0.15) is 0 Å². The molecule has 4 aromatic rings. The summed E-state index contributed by atoms with van der Waals surface area (Å²) in [6.07, 6.45) is 6.83. The third-order valence-corrected chi connectivity index (χ3v) is 5.54. The lowest BCUT2D eigenvalue weighted by Gasteiger charge is -2.09. The molecule has 0 unspecified atom stereocenters. The monoisotopic (exact) mass is 350 g/mol. The molecule has 2 aromatic heterocycles. The highest BCUT2D eigenvalue weighted by atomic mass is 32.2. The van der Waals surface area contributed by atoms with E-state index in [1.165, 1.54) is 0 Å². The second-order valence-electron chi connectivity index (χ2n) is 5.40. The molecule has 124 valence electrons. The van der Waals surface area contributed by atoms with Crippen LogP contribution in [-0.2, 0) is 9.84 Å². The number of sulfone groups is 1. The zero-order chi connectivity index (χ0) is 17.3. The molecule has 0 saturated carbocycles. The molecule has 0 aliphatic carbocycles. The van der Waals surface area contributed by atoms with E-state index in [4.69, 9.17) is 0 Å². The predicted molar refractivity (Wildman–Crippen MR) is 92.6 cm³/mol. The third-order valence-electron chi connectivity index (χ3n) is 3.79. The lowest BCUT2D eigenvalue weighted by atomic mass is 10.3. The Labute approximate surface area is 144 Å². The van der Waals surface area contributed by atoms with Crippen LogP contribution in [0.4, 0.5) is 0 Å². The SMILES string of the molecule is O=S(=O)(c1cccc(-n2cccn2)c1)c1cccc(-n2cccn2)c1. The highest BCUT2D eigenvalue weighted by molar-refractivity contribution is 7.91. The summed E-state index contributed by atoms with van der Waals surface area (Å²) in [5.41, 5.74) is 1.38. The number of nitrogens with zero attached hydrogens (tertiary/aromatic N) is 4. The number of rotatable bonds is 4. The molecule has 25 heavy (non-hydrogen) atoms. The van der Waals surface area contributed by atoms with Gasteiger partial charge in [-0.15, -0.1) is 0 Å². The molecule has 0 aliphatic rings. The van der Waals surface area contributed by atoms with Gasteiger partial charge in [0.05, 0.1) is 21.2 Å². The van der Waals surface area contributed by atoms with Crippen molar-refractivity contribution in [2.24, 2.45) is 0 Å². The topological polar surface area (TPSA) is 69.8 Å². The van der Waals surface area contributed by atoms with Gasteiger partial charge in [0.25, 0.3) is 0 Å². The van der Waals surface area contributed by atoms with Gasteiger partial charge in [-0.3, -0.25) is 0 Å². The van der Waals surface area contributed by atoms with Crippen LogP contribution in [0.3, 0.4) is 0 Å². The second-order valence-corrected chi connectivity index (χ2v) is 7.35. The Morgan fingerprint density at radius 1 is 0.680 bits per heavy atom. The van der Waals surface area contributed by atoms with Gasteiger partial charge in [-0.25, -0.2) is 17.8 Å². The van der Waals surface area contributed by atoms with E-state index >= 15 is 0 Å². The van der Waals surface area contributed by atoms with Crippen LogP contribution in [-0.4, -0.2) is 28.0 Å². The minimum atomic E-state index is -3.65. The molecule has 0 N–H and O–H groups in total. The van der Waals surface area contributed by atoms with Crippen LogP contribution < -0.4 is 0 Å². The predicted octanol–water partition coefficient (Wildman–Crippen LogP) is 2.89. The van der Waals surface area contributed by atoms with Crippen molar-refractivity contribution in [1.29, 1.82) is 0 Å². The summed E-state index contributed by atoms with van der Waals surface area (Å²) in [7, 11) is -3.65. The molecule has 0 amide bonds. The van der Waals surface area contributed by atoms with Crippen molar-refractivity contribution >= 4 is 9.84 Å². The Morgan fingerprint density at radius 3 is 1.56 bits per heavy atom. The summed E-state index contributed by atoms with van der Waals surface area (Å²) in [5.74, 6) is 0. The fourth-order valence-corrected chi connectivity index (χ4v) is 3.90. The van der Waals surface area contributed by atoms with E-state index < -0.39 is 9.84 Å². The fourth-order valence-electron chi connectivity index (χ4n) is 2.57. The van der Waals surface area contributed by atoms with Gasteiger partial charge in [0, 0.05) is 24.8 Å². The maximum absolute atomic E-state index is 13.0. The van der Waals surface area contributed by atoms with Crippen molar-refractivity contribution in [3.05, 3.63) is 85.5 Å². The molecule has 0 saturated heterocycles. The van der Waals surface area contributed by atoms with Crippen molar-refractivity contribution in [2.45, 2.75) is 9.79 Å². The van der Waals surface area contributed by atoms with E-state index in [0.717, 1.165) is 0 Å². The maximum Gasteiger partial charge on any atom is 0.206 e. The number of aromatic nitrogens is 4. The van der Waals surface area contributed by atoms with E-state index in [1.807, 2.05) is 12.1 Å². The molecule has 0 fully saturated rings. The normalized spacial score (nSPS) is 11.5. The standard InChI is InChI=1S/C18H14N4O2S/c23-25(24,17-7-1-5-15(13-17)21-11-3-9-19-21)18-8-2-6-16(14-18)22-12-4-10-20-22/h1-14H. The van der Waals surface area contributed by atoms with E-state index in [9.17, 15) is 8.42 Å². The minimum Gasteiger partial charge on any atom is -0.241 e. The average molecular weight is 350 g/mol. The fraction of sp³-hybridized carbons (Fsp3) is 0. The van der Waals surface area contributed by atoms with Gasteiger partial charge >= 0.3 is 0 Å². The summed E-state index contributed by atoms with van der Waals surface area (Å²) < 4.78 is 29.3. The van der Waals surface area contributed by atoms with E-state index in [0.29, 0.717) is 11.4 Å². The smallest absolute Gasteiger partial charge is 0.206 e. The van der Waals surface area contributed by atoms with Crippen LogP contribution in [0.5, 0.6) is 0 Å². The van der Waals surface area contributed by atoms with Crippen LogP contribution in [0.15, 0.2) is 95.2 Å². The first-order valence-corrected chi connectivity index (χ1v) is 9.08. The Morgan fingerprint density at radius 2 is 1.16 bits per heavy atom. The molecule has 0 aliphatic heterocycles. The highest BCUT2D eigenvalue weighted by Crippen LogP contribution is 2.24. The molecule has 0 atom stereocenters. The lowest BCUT2D eigenvalue weighted by molar-refractivity contribution is 0.596. The van der Waals surface area contributed by atoms with E-state index in [2.05, 4.69) is 10.2 Å². The van der Waals surface area contributed by atoms with Gasteiger partial charge in [-0.05, 0) is 48.5 Å². The second kappa shape index (κ2) is 6.03. The zero-order valence-electron chi connectivity index (χ0n) is 13.1. The molecular formula is C18H14N4O2S. The number of hydrogen-bond acceptors (Lipinski definition) is 4. The largest absolute Gasteiger partial charge is 0.241 e. The first kappa shape index (κ1) is 15.3. The Kier molecular flexibility index (Phi) is 3.70. The molecule has 2 aromatic carbocycles. The Hall–Kier alpha value is -3.19. The molecule has 6 nitrogen and oxygen atoms in total. The van der Waals surface area contributed by atoms with Gasteiger partial charge < -0.3 is 0 Å². The quantitative estimate of drug-likeness (QED) is 0.567. The average Bonchev–Trinajstić information content (AvgIpc) is 3.36. The summed E-state index contributed by atoms with van der Waals surface area (Å²) in [6.45, 7) is 0. The van der Waals surface area contributed by atoms with Gasteiger partial charge in [-0.2, -0.15) is 10.2 Å². The molecule has 0 spiro atoms. The highest BCUT2D eigenvalue weighted by Gasteiger charge is 2.19. The summed E-state index contributed by atoms with van der Waals surface area (Å²) >= 11 is 0. The molecule has 7 heteroatoms. The van der Waals surface area contributed by atoms with Crippen molar-refractivity contribution in [3.63, 3.8) is 0 Å². The first-order valence-electron chi connectivity index (χ1n) is 7.60. The zero-order valence-corrected chi connectivity index (χ0v) is 13.9. The third kappa shape index (κ3) is 2.85. The van der Waals surface area contributed by atoms with Gasteiger partial charge in [0.2, 0.25) is 9.84 Å². The van der Waals surface area contributed by atoms with Crippen molar-refractivity contribution < 1.29 is 8.42 Å². The molecule has 2 heterocycles. The molecule has 0 radical (unpaired) electrons. The van der Waals surface area contributed by atoms with Crippen LogP contribution in [0, 0.1) is 0 Å². The van der Waals surface area contributed by atoms with Gasteiger partial charge in [-0.1, -0.05) is 12.1 Å².